The number of aromatic amines is 2. The molecule has 4 aromatic rings. The number of benzene rings is 1. The van der Waals surface area contributed by atoms with Crippen LogP contribution in [0.3, 0.4) is 0 Å². The zero-order chi connectivity index (χ0) is 19.7. The van der Waals surface area contributed by atoms with Crippen LogP contribution < -0.4 is 16.9 Å². The van der Waals surface area contributed by atoms with E-state index in [9.17, 15) is 19.5 Å². The van der Waals surface area contributed by atoms with Crippen LogP contribution >= 0.6 is 0 Å². The normalized spacial score (nSPS) is 11.1. The van der Waals surface area contributed by atoms with Crippen LogP contribution in [0.15, 0.2) is 59.7 Å². The quantitative estimate of drug-likeness (QED) is 0.477. The minimum atomic E-state index is -0.735. The molecular weight excluding hydrogens is 366 g/mol. The largest absolute Gasteiger partial charge is 0.508 e. The van der Waals surface area contributed by atoms with Crippen molar-refractivity contribution in [3.05, 3.63) is 79.0 Å². The Bertz CT molecular complexity index is 1310. The monoisotopic (exact) mass is 381 g/mol. The third-order valence-corrected chi connectivity index (χ3v) is 4.32. The number of aryl methyl sites for hydroxylation is 2. The first kappa shape index (κ1) is 17.5. The lowest BCUT2D eigenvalue weighted by atomic mass is 10.1. The summed E-state index contributed by atoms with van der Waals surface area (Å²) in [6.07, 6.45) is 1.53. The Kier molecular flexibility index (Phi) is 4.40. The fourth-order valence-electron chi connectivity index (χ4n) is 3.03. The van der Waals surface area contributed by atoms with E-state index < -0.39 is 16.9 Å². The summed E-state index contributed by atoms with van der Waals surface area (Å²) in [5.74, 6) is 0.820. The molecule has 9 heteroatoms. The van der Waals surface area contributed by atoms with E-state index in [1.807, 2.05) is 0 Å². The maximum atomic E-state index is 12.1. The Morgan fingerprint density at radius 3 is 2.57 bits per heavy atom. The summed E-state index contributed by atoms with van der Waals surface area (Å²) < 4.78 is 10.2. The van der Waals surface area contributed by atoms with E-state index in [-0.39, 0.29) is 16.8 Å². The first-order valence-electron chi connectivity index (χ1n) is 8.54. The Morgan fingerprint density at radius 2 is 1.79 bits per heavy atom. The molecule has 0 fully saturated rings. The van der Waals surface area contributed by atoms with Crippen LogP contribution in [0.1, 0.15) is 17.7 Å². The number of rotatable bonds is 5. The molecule has 28 heavy (non-hydrogen) atoms. The predicted octanol–water partition coefficient (Wildman–Crippen LogP) is 1.71. The number of nitrogens with one attached hydrogen (secondary N) is 2. The van der Waals surface area contributed by atoms with Crippen molar-refractivity contribution in [1.82, 2.24) is 15.1 Å². The lowest BCUT2D eigenvalue weighted by Gasteiger charge is -2.03. The van der Waals surface area contributed by atoms with E-state index in [0.29, 0.717) is 36.3 Å². The van der Waals surface area contributed by atoms with Gasteiger partial charge in [0, 0.05) is 24.1 Å². The molecule has 0 saturated heterocycles. The van der Waals surface area contributed by atoms with Gasteiger partial charge in [0.15, 0.2) is 0 Å². The number of phenols is 1. The van der Waals surface area contributed by atoms with E-state index in [0.717, 1.165) is 5.56 Å². The van der Waals surface area contributed by atoms with Crippen LogP contribution in [0, 0.1) is 0 Å². The minimum absolute atomic E-state index is 0.134. The molecule has 0 radical (unpaired) electrons. The molecule has 9 nitrogen and oxygen atoms in total. The van der Waals surface area contributed by atoms with Gasteiger partial charge in [-0.3, -0.25) is 14.8 Å². The second-order valence-electron chi connectivity index (χ2n) is 6.28. The second kappa shape index (κ2) is 7.03. The Hall–Kier alpha value is -3.88. The van der Waals surface area contributed by atoms with Gasteiger partial charge >= 0.3 is 11.3 Å². The molecule has 0 spiro atoms. The van der Waals surface area contributed by atoms with Gasteiger partial charge in [0.05, 0.1) is 0 Å². The minimum Gasteiger partial charge on any atom is -0.508 e. The molecule has 3 N–H and O–H groups in total. The van der Waals surface area contributed by atoms with Gasteiger partial charge in [-0.15, -0.1) is 0 Å². The van der Waals surface area contributed by atoms with Crippen molar-refractivity contribution in [2.45, 2.75) is 19.3 Å². The van der Waals surface area contributed by atoms with Gasteiger partial charge in [0.1, 0.15) is 22.6 Å². The molecule has 0 atom stereocenters. The van der Waals surface area contributed by atoms with E-state index in [4.69, 9.17) is 8.94 Å². The van der Waals surface area contributed by atoms with Gasteiger partial charge in [0.2, 0.25) is 5.71 Å². The summed E-state index contributed by atoms with van der Waals surface area (Å²) in [5.41, 5.74) is -0.164. The fraction of sp³-hybridized carbons (Fsp3) is 0.158. The van der Waals surface area contributed by atoms with E-state index >= 15 is 0 Å². The highest BCUT2D eigenvalue weighted by atomic mass is 16.5. The SMILES string of the molecule is O=c1[nH]c(=O)c2c(CCCc3cc(-c4ccc(O)cc4)no3)cc(=O)oc2[nH]1. The van der Waals surface area contributed by atoms with Gasteiger partial charge in [-0.05, 0) is 42.7 Å². The molecule has 1 aromatic carbocycles. The van der Waals surface area contributed by atoms with Crippen molar-refractivity contribution < 1.29 is 14.0 Å². The first-order valence-corrected chi connectivity index (χ1v) is 8.54. The maximum Gasteiger partial charge on any atom is 0.337 e. The van der Waals surface area contributed by atoms with Crippen LogP contribution in [0.2, 0.25) is 0 Å². The fourth-order valence-corrected chi connectivity index (χ4v) is 3.03. The highest BCUT2D eigenvalue weighted by Crippen LogP contribution is 2.22. The highest BCUT2D eigenvalue weighted by Gasteiger charge is 2.12. The summed E-state index contributed by atoms with van der Waals surface area (Å²) in [4.78, 5) is 39.6. The molecule has 142 valence electrons. The summed E-state index contributed by atoms with van der Waals surface area (Å²) in [6.45, 7) is 0. The van der Waals surface area contributed by atoms with Gasteiger partial charge in [-0.25, -0.2) is 9.59 Å². The van der Waals surface area contributed by atoms with Crippen LogP contribution in [-0.2, 0) is 12.8 Å². The average Bonchev–Trinajstić information content (AvgIpc) is 3.10. The number of hydrogen-bond donors (Lipinski definition) is 3. The van der Waals surface area contributed by atoms with E-state index in [2.05, 4.69) is 15.1 Å². The molecular formula is C19H15N3O6. The lowest BCUT2D eigenvalue weighted by molar-refractivity contribution is 0.382. The summed E-state index contributed by atoms with van der Waals surface area (Å²) in [7, 11) is 0. The van der Waals surface area contributed by atoms with Crippen LogP contribution in [0.4, 0.5) is 0 Å². The Morgan fingerprint density at radius 1 is 1.00 bits per heavy atom. The third-order valence-electron chi connectivity index (χ3n) is 4.32. The molecule has 4 rings (SSSR count). The summed E-state index contributed by atoms with van der Waals surface area (Å²) >= 11 is 0. The zero-order valence-corrected chi connectivity index (χ0v) is 14.5. The Labute approximate surface area is 156 Å². The van der Waals surface area contributed by atoms with Gasteiger partial charge in [-0.2, -0.15) is 0 Å². The Balaban J connectivity index is 1.52. The highest BCUT2D eigenvalue weighted by molar-refractivity contribution is 5.75. The maximum absolute atomic E-state index is 12.1. The molecule has 3 aromatic heterocycles. The lowest BCUT2D eigenvalue weighted by Crippen LogP contribution is -2.24. The van der Waals surface area contributed by atoms with Crippen molar-refractivity contribution >= 4 is 11.1 Å². The van der Waals surface area contributed by atoms with Gasteiger partial charge < -0.3 is 14.0 Å². The molecule has 0 aliphatic carbocycles. The van der Waals surface area contributed by atoms with Crippen molar-refractivity contribution in [3.8, 4) is 17.0 Å². The van der Waals surface area contributed by atoms with Crippen LogP contribution in [0.5, 0.6) is 5.75 Å². The van der Waals surface area contributed by atoms with Crippen LogP contribution in [0.25, 0.3) is 22.4 Å². The van der Waals surface area contributed by atoms with E-state index in [1.54, 1.807) is 30.3 Å². The van der Waals surface area contributed by atoms with Gasteiger partial charge in [-0.1, -0.05) is 5.16 Å². The number of aromatic hydroxyl groups is 1. The van der Waals surface area contributed by atoms with Crippen molar-refractivity contribution in [2.24, 2.45) is 0 Å². The number of nitrogens with zero attached hydrogens (tertiary/aromatic N) is 1. The summed E-state index contributed by atoms with van der Waals surface area (Å²) in [6, 6.07) is 9.65. The molecule has 0 aliphatic rings. The molecule has 0 bridgehead atoms. The van der Waals surface area contributed by atoms with Crippen molar-refractivity contribution in [1.29, 1.82) is 0 Å². The molecule has 0 aliphatic heterocycles. The third kappa shape index (κ3) is 3.50. The van der Waals surface area contributed by atoms with Crippen LogP contribution in [-0.4, -0.2) is 20.2 Å². The molecule has 3 heterocycles. The number of fused-ring (bicyclic) bond motifs is 1. The van der Waals surface area contributed by atoms with Crippen molar-refractivity contribution in [2.75, 3.05) is 0 Å². The number of aromatic nitrogens is 3. The van der Waals surface area contributed by atoms with Gasteiger partial charge in [0.25, 0.3) is 5.56 Å². The molecule has 0 unspecified atom stereocenters. The van der Waals surface area contributed by atoms with E-state index in [1.165, 1.54) is 6.07 Å². The average molecular weight is 381 g/mol. The second-order valence-corrected chi connectivity index (χ2v) is 6.28. The topological polar surface area (TPSA) is 142 Å². The smallest absolute Gasteiger partial charge is 0.337 e. The number of hydrogen-bond acceptors (Lipinski definition) is 7. The first-order chi connectivity index (χ1) is 13.5. The standard InChI is InChI=1S/C19H15N3O6/c23-12-6-4-10(5-7-12)14-9-13(28-22-14)3-1-2-11-8-15(24)27-18-16(11)17(25)20-19(26)21-18/h4-9,23H,1-3H2,(H2,20,21,25,26). The zero-order valence-electron chi connectivity index (χ0n) is 14.5. The number of phenolic OH excluding ortho intramolecular Hbond substituents is 1. The molecule has 0 saturated carbocycles. The summed E-state index contributed by atoms with van der Waals surface area (Å²) in [5, 5.41) is 13.5. The number of H-pyrrole nitrogens is 2. The predicted molar refractivity (Wildman–Crippen MR) is 99.4 cm³/mol. The van der Waals surface area contributed by atoms with Crippen molar-refractivity contribution in [3.63, 3.8) is 0 Å². The molecule has 0 amide bonds.